The zero-order chi connectivity index (χ0) is 22.7. The van der Waals surface area contributed by atoms with Crippen molar-refractivity contribution in [3.63, 3.8) is 0 Å². The summed E-state index contributed by atoms with van der Waals surface area (Å²) in [6.45, 7) is 12.5. The third kappa shape index (κ3) is 3.34. The first-order valence-corrected chi connectivity index (χ1v) is 11.8. The fraction of sp³-hybridized carbons (Fsp3) is 0.462. The van der Waals surface area contributed by atoms with E-state index >= 15 is 0 Å². The number of fused-ring (bicyclic) bond motifs is 2. The Morgan fingerprint density at radius 2 is 1.69 bits per heavy atom. The van der Waals surface area contributed by atoms with Crippen molar-refractivity contribution < 1.29 is 9.32 Å². The van der Waals surface area contributed by atoms with E-state index in [-0.39, 0.29) is 11.2 Å². The van der Waals surface area contributed by atoms with Gasteiger partial charge in [0.1, 0.15) is 5.52 Å². The van der Waals surface area contributed by atoms with Crippen molar-refractivity contribution in [2.24, 2.45) is 0 Å². The van der Waals surface area contributed by atoms with Gasteiger partial charge in [-0.05, 0) is 56.5 Å². The fourth-order valence-electron chi connectivity index (χ4n) is 5.41. The number of carbonyl (C=O) groups is 1. The highest BCUT2D eigenvalue weighted by atomic mass is 35.5. The van der Waals surface area contributed by atoms with E-state index in [2.05, 4.69) is 39.2 Å². The van der Waals surface area contributed by atoms with Crippen molar-refractivity contribution in [2.75, 3.05) is 37.6 Å². The molecule has 2 heterocycles. The van der Waals surface area contributed by atoms with Crippen LogP contribution in [0.25, 0.3) is 10.9 Å². The van der Waals surface area contributed by atoms with Crippen LogP contribution in [-0.2, 0) is 15.6 Å². The number of aromatic nitrogens is 1. The van der Waals surface area contributed by atoms with Crippen molar-refractivity contribution >= 4 is 34.2 Å². The second-order valence-corrected chi connectivity index (χ2v) is 10.7. The van der Waals surface area contributed by atoms with E-state index in [1.807, 2.05) is 45.9 Å². The molecule has 1 saturated heterocycles. The first-order valence-electron chi connectivity index (χ1n) is 11.3. The molecule has 1 aliphatic carbocycles. The van der Waals surface area contributed by atoms with Gasteiger partial charge in [-0.15, -0.1) is 11.6 Å². The fourth-order valence-corrected chi connectivity index (χ4v) is 5.74. The van der Waals surface area contributed by atoms with Crippen LogP contribution in [-0.4, -0.2) is 48.6 Å². The molecule has 0 radical (unpaired) electrons. The van der Waals surface area contributed by atoms with Crippen molar-refractivity contribution in [3.05, 3.63) is 59.2 Å². The predicted octanol–water partition coefficient (Wildman–Crippen LogP) is 5.07. The summed E-state index contributed by atoms with van der Waals surface area (Å²) in [5.41, 5.74) is 3.32. The van der Waals surface area contributed by atoms with E-state index in [0.717, 1.165) is 66.2 Å². The second kappa shape index (κ2) is 7.60. The van der Waals surface area contributed by atoms with Crippen LogP contribution in [0.15, 0.2) is 47.0 Å². The van der Waals surface area contributed by atoms with Gasteiger partial charge in [-0.2, -0.15) is 0 Å². The normalized spacial score (nSPS) is 21.2. The SMILES string of the molecule is CC1(C)C(=O)C(C)(C)c2cc(C(Cl)CN3CCN(c4onc5ccccc45)CC3)ccc21. The van der Waals surface area contributed by atoms with Crippen LogP contribution < -0.4 is 4.90 Å². The molecule has 0 bridgehead atoms. The lowest BCUT2D eigenvalue weighted by atomic mass is 9.80. The summed E-state index contributed by atoms with van der Waals surface area (Å²) in [5.74, 6) is 1.13. The number of piperazine rings is 1. The lowest BCUT2D eigenvalue weighted by Crippen LogP contribution is -2.47. The smallest absolute Gasteiger partial charge is 0.235 e. The summed E-state index contributed by atoms with van der Waals surface area (Å²) in [6, 6.07) is 14.4. The van der Waals surface area contributed by atoms with E-state index < -0.39 is 10.8 Å². The minimum absolute atomic E-state index is 0.118. The average molecular weight is 452 g/mol. The maximum absolute atomic E-state index is 13.0. The molecule has 2 aliphatic rings. The van der Waals surface area contributed by atoms with Gasteiger partial charge in [-0.1, -0.05) is 35.5 Å². The lowest BCUT2D eigenvalue weighted by Gasteiger charge is -2.35. The minimum Gasteiger partial charge on any atom is -0.338 e. The van der Waals surface area contributed by atoms with Crippen LogP contribution in [0.4, 0.5) is 5.88 Å². The topological polar surface area (TPSA) is 49.6 Å². The Kier molecular flexibility index (Phi) is 5.10. The molecule has 3 aromatic rings. The molecule has 0 N–H and O–H groups in total. The van der Waals surface area contributed by atoms with Crippen molar-refractivity contribution in [1.29, 1.82) is 0 Å². The number of rotatable bonds is 4. The Morgan fingerprint density at radius 3 is 2.44 bits per heavy atom. The summed E-state index contributed by atoms with van der Waals surface area (Å²) in [6.07, 6.45) is 0. The van der Waals surface area contributed by atoms with E-state index in [0.29, 0.717) is 0 Å². The van der Waals surface area contributed by atoms with E-state index in [9.17, 15) is 4.79 Å². The van der Waals surface area contributed by atoms with Crippen molar-refractivity contribution in [3.8, 4) is 0 Å². The van der Waals surface area contributed by atoms with Crippen LogP contribution in [0.5, 0.6) is 0 Å². The number of halogens is 1. The number of benzene rings is 2. The number of alkyl halides is 1. The van der Waals surface area contributed by atoms with E-state index in [1.165, 1.54) is 0 Å². The Bertz CT molecular complexity index is 1170. The molecular weight excluding hydrogens is 422 g/mol. The van der Waals surface area contributed by atoms with Gasteiger partial charge < -0.3 is 9.42 Å². The zero-order valence-electron chi connectivity index (χ0n) is 19.2. The van der Waals surface area contributed by atoms with Gasteiger partial charge in [0.15, 0.2) is 5.78 Å². The quantitative estimate of drug-likeness (QED) is 0.518. The summed E-state index contributed by atoms with van der Waals surface area (Å²) >= 11 is 6.89. The molecule has 1 fully saturated rings. The van der Waals surface area contributed by atoms with Gasteiger partial charge >= 0.3 is 0 Å². The van der Waals surface area contributed by atoms with Gasteiger partial charge in [0.05, 0.1) is 10.8 Å². The molecule has 6 heteroatoms. The van der Waals surface area contributed by atoms with Crippen LogP contribution in [0.3, 0.4) is 0 Å². The van der Waals surface area contributed by atoms with Gasteiger partial charge in [-0.25, -0.2) is 0 Å². The van der Waals surface area contributed by atoms with Crippen LogP contribution in [0.1, 0.15) is 49.8 Å². The predicted molar refractivity (Wildman–Crippen MR) is 129 cm³/mol. The Labute approximate surface area is 194 Å². The monoisotopic (exact) mass is 451 g/mol. The highest BCUT2D eigenvalue weighted by molar-refractivity contribution is 6.21. The molecule has 1 aliphatic heterocycles. The molecular formula is C26H30ClN3O2. The van der Waals surface area contributed by atoms with Gasteiger partial charge in [0.25, 0.3) is 0 Å². The van der Waals surface area contributed by atoms with Crippen molar-refractivity contribution in [1.82, 2.24) is 10.1 Å². The lowest BCUT2D eigenvalue weighted by molar-refractivity contribution is -0.126. The number of carbonyl (C=O) groups excluding carboxylic acids is 1. The molecule has 5 nitrogen and oxygen atoms in total. The Balaban J connectivity index is 1.27. The maximum Gasteiger partial charge on any atom is 0.235 e. The summed E-state index contributed by atoms with van der Waals surface area (Å²) in [5, 5.41) is 5.13. The molecule has 1 aromatic heterocycles. The average Bonchev–Trinajstić information content (AvgIpc) is 3.27. The van der Waals surface area contributed by atoms with Crippen LogP contribution in [0.2, 0.25) is 0 Å². The molecule has 32 heavy (non-hydrogen) atoms. The molecule has 1 unspecified atom stereocenters. The molecule has 0 spiro atoms. The zero-order valence-corrected chi connectivity index (χ0v) is 19.9. The third-order valence-corrected chi connectivity index (χ3v) is 7.72. The first kappa shape index (κ1) is 21.5. The van der Waals surface area contributed by atoms with Gasteiger partial charge in [-0.3, -0.25) is 9.69 Å². The largest absolute Gasteiger partial charge is 0.338 e. The van der Waals surface area contributed by atoms with Crippen LogP contribution >= 0.6 is 11.6 Å². The minimum atomic E-state index is -0.475. The molecule has 2 aromatic carbocycles. The first-order chi connectivity index (χ1) is 15.2. The Hall–Kier alpha value is -2.37. The molecule has 1 atom stereocenters. The number of hydrogen-bond donors (Lipinski definition) is 0. The Morgan fingerprint density at radius 1 is 1.00 bits per heavy atom. The molecule has 0 amide bonds. The van der Waals surface area contributed by atoms with Crippen molar-refractivity contribution in [2.45, 2.75) is 43.9 Å². The summed E-state index contributed by atoms with van der Waals surface area (Å²) < 4.78 is 5.63. The number of hydrogen-bond acceptors (Lipinski definition) is 5. The third-order valence-electron chi connectivity index (χ3n) is 7.33. The highest BCUT2D eigenvalue weighted by Gasteiger charge is 2.50. The number of anilines is 1. The maximum atomic E-state index is 13.0. The molecule has 5 rings (SSSR count). The number of Topliss-reactive ketones (excluding diaryl/α,β-unsaturated/α-hetero) is 1. The molecule has 168 valence electrons. The van der Waals surface area contributed by atoms with Gasteiger partial charge in [0, 0.05) is 43.6 Å². The number of ketones is 1. The second-order valence-electron chi connectivity index (χ2n) is 10.1. The highest BCUT2D eigenvalue weighted by Crippen LogP contribution is 2.47. The molecule has 0 saturated carbocycles. The standard InChI is InChI=1S/C26H30ClN3O2/c1-25(2)19-10-9-17(15-20(19)26(3,4)24(25)31)21(27)16-29-11-13-30(14-12-29)23-18-7-5-6-8-22(18)28-32-23/h5-10,15,21H,11-14,16H2,1-4H3. The van der Waals surface area contributed by atoms with E-state index in [1.54, 1.807) is 0 Å². The van der Waals surface area contributed by atoms with Crippen LogP contribution in [0, 0.1) is 0 Å². The summed E-state index contributed by atoms with van der Waals surface area (Å²) in [7, 11) is 0. The summed E-state index contributed by atoms with van der Waals surface area (Å²) in [4.78, 5) is 17.6. The van der Waals surface area contributed by atoms with E-state index in [4.69, 9.17) is 16.1 Å². The van der Waals surface area contributed by atoms with Gasteiger partial charge in [0.2, 0.25) is 5.88 Å². The number of nitrogens with zero attached hydrogens (tertiary/aromatic N) is 3.